The maximum absolute atomic E-state index is 12.4. The monoisotopic (exact) mass is 337 g/mol. The third kappa shape index (κ3) is 3.76. The van der Waals surface area contributed by atoms with Gasteiger partial charge < -0.3 is 10.6 Å². The van der Waals surface area contributed by atoms with Crippen molar-refractivity contribution >= 4 is 35.0 Å². The Morgan fingerprint density at radius 3 is 2.71 bits per heavy atom. The van der Waals surface area contributed by atoms with Gasteiger partial charge in [0.2, 0.25) is 5.91 Å². The normalized spacial score (nSPS) is 13.2. The second-order valence-electron chi connectivity index (χ2n) is 5.45. The summed E-state index contributed by atoms with van der Waals surface area (Å²) in [5, 5.41) is 16.3. The predicted molar refractivity (Wildman–Crippen MR) is 93.9 cm³/mol. The number of hydrogen-bond acceptors (Lipinski definition) is 4. The van der Waals surface area contributed by atoms with Crippen LogP contribution in [0.3, 0.4) is 0 Å². The smallest absolute Gasteiger partial charge is 0.255 e. The topological polar surface area (TPSA) is 82.0 Å². The van der Waals surface area contributed by atoms with Crippen LogP contribution in [0.25, 0.3) is 0 Å². The summed E-state index contributed by atoms with van der Waals surface area (Å²) < 4.78 is 0. The van der Waals surface area contributed by atoms with E-state index in [0.29, 0.717) is 17.7 Å². The van der Waals surface area contributed by atoms with Gasteiger partial charge in [-0.15, -0.1) is 0 Å². The zero-order valence-electron chi connectivity index (χ0n) is 12.8. The molecule has 3 rings (SSSR count). The Morgan fingerprint density at radius 1 is 1.17 bits per heavy atom. The number of nitrogens with zero attached hydrogens (tertiary/aromatic N) is 1. The van der Waals surface area contributed by atoms with Crippen LogP contribution in [0.2, 0.25) is 0 Å². The van der Waals surface area contributed by atoms with Crippen LogP contribution in [0.5, 0.6) is 0 Å². The standard InChI is InChI=1S/C18H15N3O2S/c19-11-24-15-7-5-14(6-8-15)20-18(23)13-4-9-16-12(10-13)2-1-3-17(22)21-16/h4-10H,1-3H2,(H,20,23)(H,21,22). The summed E-state index contributed by atoms with van der Waals surface area (Å²) in [7, 11) is 0. The van der Waals surface area contributed by atoms with Crippen molar-refractivity contribution in [3.63, 3.8) is 0 Å². The summed E-state index contributed by atoms with van der Waals surface area (Å²) in [6, 6.07) is 12.4. The lowest BCUT2D eigenvalue weighted by atomic mass is 10.0. The Bertz CT molecular complexity index is 825. The number of anilines is 2. The fourth-order valence-electron chi connectivity index (χ4n) is 2.58. The number of rotatable bonds is 3. The maximum Gasteiger partial charge on any atom is 0.255 e. The third-order valence-electron chi connectivity index (χ3n) is 3.77. The SMILES string of the molecule is N#CSc1ccc(NC(=O)c2ccc3c(c2)CCCC(=O)N3)cc1. The van der Waals surface area contributed by atoms with Gasteiger partial charge in [0, 0.05) is 28.3 Å². The molecule has 0 aliphatic carbocycles. The van der Waals surface area contributed by atoms with Gasteiger partial charge in [0.05, 0.1) is 0 Å². The van der Waals surface area contributed by atoms with Gasteiger partial charge in [0.25, 0.3) is 5.91 Å². The average Bonchev–Trinajstić information content (AvgIpc) is 2.76. The molecule has 2 amide bonds. The van der Waals surface area contributed by atoms with E-state index in [-0.39, 0.29) is 11.8 Å². The Balaban J connectivity index is 1.74. The molecule has 2 N–H and O–H groups in total. The highest BCUT2D eigenvalue weighted by Crippen LogP contribution is 2.24. The first-order chi connectivity index (χ1) is 11.7. The molecule has 24 heavy (non-hydrogen) atoms. The van der Waals surface area contributed by atoms with E-state index in [2.05, 4.69) is 10.6 Å². The van der Waals surface area contributed by atoms with Crippen LogP contribution in [0.1, 0.15) is 28.8 Å². The molecule has 0 spiro atoms. The molecular formula is C18H15N3O2S. The van der Waals surface area contributed by atoms with Crippen molar-refractivity contribution in [1.82, 2.24) is 0 Å². The number of aryl methyl sites for hydroxylation is 1. The van der Waals surface area contributed by atoms with Crippen molar-refractivity contribution in [3.05, 3.63) is 53.6 Å². The van der Waals surface area contributed by atoms with Crippen molar-refractivity contribution < 1.29 is 9.59 Å². The molecule has 1 aliphatic rings. The number of nitrogens with one attached hydrogen (secondary N) is 2. The number of thioether (sulfide) groups is 1. The first-order valence-corrected chi connectivity index (χ1v) is 8.37. The van der Waals surface area contributed by atoms with Gasteiger partial charge in [-0.1, -0.05) is 0 Å². The molecule has 0 aromatic heterocycles. The van der Waals surface area contributed by atoms with Crippen molar-refractivity contribution in [2.75, 3.05) is 10.6 Å². The summed E-state index contributed by atoms with van der Waals surface area (Å²) in [6.07, 6.45) is 2.06. The summed E-state index contributed by atoms with van der Waals surface area (Å²) in [6.45, 7) is 0. The Labute approximate surface area is 144 Å². The van der Waals surface area contributed by atoms with Gasteiger partial charge in [0.1, 0.15) is 5.40 Å². The molecule has 1 aliphatic heterocycles. The van der Waals surface area contributed by atoms with Gasteiger partial charge in [-0.05, 0) is 72.6 Å². The van der Waals surface area contributed by atoms with Gasteiger partial charge in [-0.2, -0.15) is 5.26 Å². The van der Waals surface area contributed by atoms with E-state index >= 15 is 0 Å². The Kier molecular flexibility index (Phi) is 4.82. The van der Waals surface area contributed by atoms with E-state index in [1.807, 2.05) is 11.5 Å². The quantitative estimate of drug-likeness (QED) is 0.659. The molecule has 120 valence electrons. The lowest BCUT2D eigenvalue weighted by molar-refractivity contribution is -0.116. The van der Waals surface area contributed by atoms with Crippen LogP contribution in [0.4, 0.5) is 11.4 Å². The molecule has 6 heteroatoms. The lowest BCUT2D eigenvalue weighted by Gasteiger charge is -2.10. The Morgan fingerprint density at radius 2 is 1.96 bits per heavy atom. The van der Waals surface area contributed by atoms with Gasteiger partial charge >= 0.3 is 0 Å². The van der Waals surface area contributed by atoms with Crippen LogP contribution in [-0.2, 0) is 11.2 Å². The maximum atomic E-state index is 12.4. The average molecular weight is 337 g/mol. The van der Waals surface area contributed by atoms with E-state index in [9.17, 15) is 9.59 Å². The molecule has 2 aromatic rings. The molecule has 1 heterocycles. The highest BCUT2D eigenvalue weighted by Gasteiger charge is 2.15. The molecule has 0 atom stereocenters. The molecule has 0 saturated heterocycles. The number of carbonyl (C=O) groups excluding carboxylic acids is 2. The van der Waals surface area contributed by atoms with Crippen LogP contribution < -0.4 is 10.6 Å². The number of fused-ring (bicyclic) bond motifs is 1. The Hall–Kier alpha value is -2.78. The van der Waals surface area contributed by atoms with Gasteiger partial charge in [0.15, 0.2) is 0 Å². The van der Waals surface area contributed by atoms with E-state index in [0.717, 1.165) is 40.7 Å². The largest absolute Gasteiger partial charge is 0.326 e. The second-order valence-corrected chi connectivity index (χ2v) is 6.30. The summed E-state index contributed by atoms with van der Waals surface area (Å²) in [5.74, 6) is -0.185. The van der Waals surface area contributed by atoms with Crippen molar-refractivity contribution in [3.8, 4) is 5.40 Å². The third-order valence-corrected chi connectivity index (χ3v) is 4.37. The highest BCUT2D eigenvalue weighted by atomic mass is 32.2. The minimum atomic E-state index is -0.200. The van der Waals surface area contributed by atoms with Crippen molar-refractivity contribution in [2.45, 2.75) is 24.2 Å². The van der Waals surface area contributed by atoms with E-state index in [1.54, 1.807) is 36.4 Å². The molecule has 2 aromatic carbocycles. The summed E-state index contributed by atoms with van der Waals surface area (Å²) in [5.41, 5.74) is 2.99. The summed E-state index contributed by atoms with van der Waals surface area (Å²) in [4.78, 5) is 24.8. The lowest BCUT2D eigenvalue weighted by Crippen LogP contribution is -2.13. The minimum Gasteiger partial charge on any atom is -0.326 e. The first kappa shape index (κ1) is 16.1. The number of amides is 2. The predicted octanol–water partition coefficient (Wildman–Crippen LogP) is 3.79. The zero-order valence-corrected chi connectivity index (χ0v) is 13.7. The van der Waals surface area contributed by atoms with E-state index in [1.165, 1.54) is 0 Å². The van der Waals surface area contributed by atoms with Crippen LogP contribution in [0.15, 0.2) is 47.4 Å². The number of carbonyl (C=O) groups is 2. The minimum absolute atomic E-state index is 0.0151. The van der Waals surface area contributed by atoms with E-state index < -0.39 is 0 Å². The van der Waals surface area contributed by atoms with E-state index in [4.69, 9.17) is 5.26 Å². The fraction of sp³-hybridized carbons (Fsp3) is 0.167. The van der Waals surface area contributed by atoms with Crippen molar-refractivity contribution in [1.29, 1.82) is 5.26 Å². The molecule has 0 saturated carbocycles. The van der Waals surface area contributed by atoms with Gasteiger partial charge in [-0.3, -0.25) is 9.59 Å². The number of hydrogen-bond donors (Lipinski definition) is 2. The van der Waals surface area contributed by atoms with Crippen LogP contribution in [-0.4, -0.2) is 11.8 Å². The first-order valence-electron chi connectivity index (χ1n) is 7.56. The molecule has 5 nitrogen and oxygen atoms in total. The molecule has 0 radical (unpaired) electrons. The molecular weight excluding hydrogens is 322 g/mol. The number of benzene rings is 2. The molecule has 0 unspecified atom stereocenters. The van der Waals surface area contributed by atoms with Crippen LogP contribution in [0, 0.1) is 10.7 Å². The highest BCUT2D eigenvalue weighted by molar-refractivity contribution is 8.03. The van der Waals surface area contributed by atoms with Crippen molar-refractivity contribution in [2.24, 2.45) is 0 Å². The second kappa shape index (κ2) is 7.20. The fourth-order valence-corrected chi connectivity index (χ4v) is 2.96. The molecule has 0 bridgehead atoms. The van der Waals surface area contributed by atoms with Gasteiger partial charge in [-0.25, -0.2) is 0 Å². The number of thiocyanates is 1. The summed E-state index contributed by atoms with van der Waals surface area (Å²) >= 11 is 1.08. The molecule has 0 fully saturated rings. The zero-order chi connectivity index (χ0) is 16.9. The van der Waals surface area contributed by atoms with Crippen LogP contribution >= 0.6 is 11.8 Å². The number of nitriles is 1.